The van der Waals surface area contributed by atoms with E-state index < -0.39 is 56.3 Å². The maximum atomic E-state index is 13.1. The summed E-state index contributed by atoms with van der Waals surface area (Å²) in [6.45, 7) is 14.5. The molecular weight excluding hydrogens is 464 g/mol. The highest BCUT2D eigenvalue weighted by Crippen LogP contribution is 2.42. The Morgan fingerprint density at radius 3 is 2.20 bits per heavy atom. The van der Waals surface area contributed by atoms with Crippen molar-refractivity contribution in [1.29, 1.82) is 0 Å². The Kier molecular flexibility index (Phi) is 7.63. The van der Waals surface area contributed by atoms with Crippen LogP contribution in [-0.2, 0) is 28.4 Å². The van der Waals surface area contributed by atoms with Gasteiger partial charge in [0.05, 0.1) is 20.2 Å². The third kappa shape index (κ3) is 5.73. The molecule has 0 saturated carbocycles. The summed E-state index contributed by atoms with van der Waals surface area (Å²) < 4.78 is 35.8. The molecule has 7 nitrogen and oxygen atoms in total. The van der Waals surface area contributed by atoms with Gasteiger partial charge in [0, 0.05) is 0 Å². The van der Waals surface area contributed by atoms with Crippen molar-refractivity contribution < 1.29 is 33.2 Å². The van der Waals surface area contributed by atoms with Crippen molar-refractivity contribution >= 4 is 20.1 Å². The molecule has 3 fully saturated rings. The molecule has 0 bridgehead atoms. The summed E-state index contributed by atoms with van der Waals surface area (Å²) in [6.07, 6.45) is -0.590. The van der Waals surface area contributed by atoms with Crippen molar-refractivity contribution in [1.82, 2.24) is 0 Å². The number of rotatable bonds is 8. The van der Waals surface area contributed by atoms with Gasteiger partial charge in [0.2, 0.25) is 0 Å². The van der Waals surface area contributed by atoms with Crippen LogP contribution < -0.4 is 0 Å². The molecule has 3 saturated heterocycles. The van der Waals surface area contributed by atoms with Gasteiger partial charge in [-0.05, 0) is 45.4 Å². The average molecular weight is 505 g/mol. The standard InChI is InChI=1S/C27H40O7Si/c1-8-35(9-2,10-3)16-15-18-11-13-19(14-12-18)24(28)30-22-21(20-17-29-26(4,5)32-20)31-25-23(22)33-27(6,7)34-25/h11-16,20-23,25H,8-10,17H2,1-7H3/b16-15+/t20-,21-,22+,23-,25-/m0/s1. The first-order valence-electron chi connectivity index (χ1n) is 12.8. The van der Waals surface area contributed by atoms with E-state index in [0.29, 0.717) is 12.2 Å². The van der Waals surface area contributed by atoms with Crippen LogP contribution >= 0.6 is 0 Å². The summed E-state index contributed by atoms with van der Waals surface area (Å²) in [4.78, 5) is 13.1. The molecule has 4 rings (SSSR count). The number of fused-ring (bicyclic) bond motifs is 1. The second-order valence-electron chi connectivity index (χ2n) is 10.7. The van der Waals surface area contributed by atoms with Gasteiger partial charge in [-0.2, -0.15) is 0 Å². The second-order valence-corrected chi connectivity index (χ2v) is 15.9. The van der Waals surface area contributed by atoms with Gasteiger partial charge in [-0.1, -0.05) is 62.8 Å². The summed E-state index contributed by atoms with van der Waals surface area (Å²) in [6, 6.07) is 11.3. The fourth-order valence-corrected chi connectivity index (χ4v) is 7.87. The summed E-state index contributed by atoms with van der Waals surface area (Å²) in [7, 11) is -1.35. The summed E-state index contributed by atoms with van der Waals surface area (Å²) >= 11 is 0. The number of hydrogen-bond acceptors (Lipinski definition) is 7. The number of esters is 1. The molecule has 0 radical (unpaired) electrons. The van der Waals surface area contributed by atoms with Gasteiger partial charge in [-0.25, -0.2) is 4.79 Å². The van der Waals surface area contributed by atoms with Gasteiger partial charge in [0.15, 0.2) is 30.1 Å². The fourth-order valence-electron chi connectivity index (χ4n) is 5.11. The van der Waals surface area contributed by atoms with Gasteiger partial charge in [-0.3, -0.25) is 0 Å². The van der Waals surface area contributed by atoms with Crippen LogP contribution in [0.4, 0.5) is 0 Å². The van der Waals surface area contributed by atoms with E-state index in [9.17, 15) is 4.79 Å². The van der Waals surface area contributed by atoms with Crippen molar-refractivity contribution in [2.45, 2.75) is 109 Å². The van der Waals surface area contributed by atoms with E-state index in [0.717, 1.165) is 5.56 Å². The smallest absolute Gasteiger partial charge is 0.338 e. The minimum absolute atomic E-state index is 0.341. The Hall–Kier alpha value is -1.55. The Bertz CT molecular complexity index is 914. The third-order valence-electron chi connectivity index (χ3n) is 7.56. The highest BCUT2D eigenvalue weighted by molar-refractivity contribution is 6.84. The predicted octanol–water partition coefficient (Wildman–Crippen LogP) is 5.30. The molecular formula is C27H40O7Si. The van der Waals surface area contributed by atoms with Crippen LogP contribution in [0.2, 0.25) is 18.1 Å². The van der Waals surface area contributed by atoms with Crippen LogP contribution in [0.25, 0.3) is 6.08 Å². The second kappa shape index (κ2) is 10.1. The van der Waals surface area contributed by atoms with Gasteiger partial charge < -0.3 is 28.4 Å². The molecule has 5 atom stereocenters. The molecule has 0 spiro atoms. The van der Waals surface area contributed by atoms with Crippen LogP contribution in [0, 0.1) is 0 Å². The van der Waals surface area contributed by atoms with Gasteiger partial charge >= 0.3 is 5.97 Å². The highest BCUT2D eigenvalue weighted by Gasteiger charge is 2.60. The first kappa shape index (κ1) is 26.5. The zero-order valence-electron chi connectivity index (χ0n) is 22.0. The van der Waals surface area contributed by atoms with Crippen LogP contribution in [-0.4, -0.2) is 62.9 Å². The molecule has 194 valence electrons. The summed E-state index contributed by atoms with van der Waals surface area (Å²) in [5, 5.41) is 0. The topological polar surface area (TPSA) is 72.5 Å². The van der Waals surface area contributed by atoms with Crippen LogP contribution in [0.3, 0.4) is 0 Å². The molecule has 3 aliphatic rings. The fraction of sp³-hybridized carbons (Fsp3) is 0.667. The monoisotopic (exact) mass is 504 g/mol. The quantitative estimate of drug-likeness (QED) is 0.351. The molecule has 8 heteroatoms. The Morgan fingerprint density at radius 1 is 0.971 bits per heavy atom. The lowest BCUT2D eigenvalue weighted by Gasteiger charge is -2.28. The molecule has 0 unspecified atom stereocenters. The molecule has 3 aliphatic heterocycles. The maximum absolute atomic E-state index is 13.1. The molecule has 35 heavy (non-hydrogen) atoms. The zero-order chi connectivity index (χ0) is 25.4. The molecule has 0 aliphatic carbocycles. The number of carbonyl (C=O) groups excluding carboxylic acids is 1. The lowest BCUT2D eigenvalue weighted by atomic mass is 10.1. The normalized spacial score (nSPS) is 31.7. The Morgan fingerprint density at radius 2 is 1.63 bits per heavy atom. The predicted molar refractivity (Wildman–Crippen MR) is 135 cm³/mol. The van der Waals surface area contributed by atoms with E-state index >= 15 is 0 Å². The SMILES string of the molecule is CC[Si](/C=C/c1ccc(C(=O)O[C@H]2[C@@H]3OC(C)(C)O[C@@H]3O[C@H]2[C@@H]2COC(C)(C)O2)cc1)(CC)CC. The Labute approximate surface area is 210 Å². The van der Waals surface area contributed by atoms with Crippen molar-refractivity contribution in [2.75, 3.05) is 6.61 Å². The number of benzene rings is 1. The van der Waals surface area contributed by atoms with E-state index in [2.05, 4.69) is 32.5 Å². The van der Waals surface area contributed by atoms with Gasteiger partial charge in [0.1, 0.15) is 12.2 Å². The number of hydrogen-bond donors (Lipinski definition) is 0. The van der Waals surface area contributed by atoms with Crippen molar-refractivity contribution in [3.63, 3.8) is 0 Å². The number of ether oxygens (including phenoxy) is 6. The summed E-state index contributed by atoms with van der Waals surface area (Å²) in [5.41, 5.74) is 4.01. The minimum Gasteiger partial charge on any atom is -0.453 e. The van der Waals surface area contributed by atoms with E-state index in [1.54, 1.807) is 0 Å². The van der Waals surface area contributed by atoms with Crippen molar-refractivity contribution in [3.8, 4) is 0 Å². The molecule has 3 heterocycles. The van der Waals surface area contributed by atoms with E-state index in [4.69, 9.17) is 28.4 Å². The Balaban J connectivity index is 1.47. The lowest BCUT2D eigenvalue weighted by Crippen LogP contribution is -2.45. The lowest BCUT2D eigenvalue weighted by molar-refractivity contribution is -0.232. The first-order valence-corrected chi connectivity index (χ1v) is 15.5. The summed E-state index contributed by atoms with van der Waals surface area (Å²) in [5.74, 6) is -1.97. The first-order chi connectivity index (χ1) is 16.5. The van der Waals surface area contributed by atoms with Crippen molar-refractivity contribution in [3.05, 3.63) is 41.1 Å². The zero-order valence-corrected chi connectivity index (χ0v) is 23.0. The molecule has 1 aromatic rings. The van der Waals surface area contributed by atoms with E-state index in [1.807, 2.05) is 52.0 Å². The van der Waals surface area contributed by atoms with Gasteiger partial charge in [-0.15, -0.1) is 0 Å². The molecule has 0 aromatic heterocycles. The van der Waals surface area contributed by atoms with Crippen molar-refractivity contribution in [2.24, 2.45) is 0 Å². The average Bonchev–Trinajstić information content (AvgIpc) is 3.44. The maximum Gasteiger partial charge on any atom is 0.338 e. The van der Waals surface area contributed by atoms with Crippen LogP contribution in [0.15, 0.2) is 30.0 Å². The minimum atomic E-state index is -1.35. The largest absolute Gasteiger partial charge is 0.453 e. The van der Waals surface area contributed by atoms with E-state index in [1.165, 1.54) is 18.1 Å². The van der Waals surface area contributed by atoms with E-state index in [-0.39, 0.29) is 0 Å². The highest BCUT2D eigenvalue weighted by atomic mass is 28.3. The molecule has 0 N–H and O–H groups in total. The van der Waals surface area contributed by atoms with Crippen LogP contribution in [0.5, 0.6) is 0 Å². The van der Waals surface area contributed by atoms with Gasteiger partial charge in [0.25, 0.3) is 0 Å². The molecule has 1 aromatic carbocycles. The molecule has 0 amide bonds. The number of carbonyl (C=O) groups is 1. The third-order valence-corrected chi connectivity index (χ3v) is 12.7. The van der Waals surface area contributed by atoms with Crippen LogP contribution in [0.1, 0.15) is 64.4 Å².